The molecule has 0 bridgehead atoms. The van der Waals surface area contributed by atoms with E-state index in [2.05, 4.69) is 37.5 Å². The lowest BCUT2D eigenvalue weighted by Gasteiger charge is -2.07. The van der Waals surface area contributed by atoms with Crippen LogP contribution >= 0.6 is 22.6 Å². The van der Waals surface area contributed by atoms with Crippen LogP contribution in [-0.4, -0.2) is 23.9 Å². The summed E-state index contributed by atoms with van der Waals surface area (Å²) in [4.78, 5) is 24.2. The first-order valence-corrected chi connectivity index (χ1v) is 6.64. The molecule has 0 amide bonds. The van der Waals surface area contributed by atoms with E-state index >= 15 is 0 Å². The Kier molecular flexibility index (Phi) is 3.82. The van der Waals surface area contributed by atoms with Crippen LogP contribution in [0.15, 0.2) is 29.5 Å². The fourth-order valence-electron chi connectivity index (χ4n) is 1.47. The average Bonchev–Trinajstić information content (AvgIpc) is 2.36. The zero-order valence-corrected chi connectivity index (χ0v) is 11.5. The van der Waals surface area contributed by atoms with E-state index in [4.69, 9.17) is 0 Å². The third-order valence-electron chi connectivity index (χ3n) is 2.39. The van der Waals surface area contributed by atoms with Gasteiger partial charge in [0.2, 0.25) is 0 Å². The maximum absolute atomic E-state index is 11.8. The summed E-state index contributed by atoms with van der Waals surface area (Å²) in [5, 5.41) is 0. The van der Waals surface area contributed by atoms with E-state index in [1.165, 1.54) is 12.4 Å². The number of halogens is 1. The first kappa shape index (κ1) is 12.2. The molecule has 2 heterocycles. The Morgan fingerprint density at radius 1 is 1.41 bits per heavy atom. The Morgan fingerprint density at radius 3 is 2.88 bits per heavy atom. The monoisotopic (exact) mass is 342 g/mol. The molecular weight excluding hydrogens is 331 g/mol. The molecule has 0 aliphatic carbocycles. The summed E-state index contributed by atoms with van der Waals surface area (Å²) in [5.74, 6) is 0.778. The molecule has 0 N–H and O–H groups in total. The minimum Gasteiger partial charge on any atom is -0.300 e. The van der Waals surface area contributed by atoms with Crippen LogP contribution in [0.4, 0.5) is 0 Å². The van der Waals surface area contributed by atoms with Crippen LogP contribution in [0.2, 0.25) is 0 Å². The van der Waals surface area contributed by atoms with E-state index in [9.17, 15) is 4.79 Å². The molecule has 0 aliphatic heterocycles. The maximum atomic E-state index is 11.8. The topological polar surface area (TPSA) is 60.7 Å². The molecule has 5 nitrogen and oxygen atoms in total. The van der Waals surface area contributed by atoms with Gasteiger partial charge in [-0.25, -0.2) is 15.0 Å². The number of rotatable bonds is 3. The van der Waals surface area contributed by atoms with Crippen molar-refractivity contribution in [2.75, 3.05) is 4.43 Å². The molecule has 0 unspecified atom stereocenters. The molecule has 0 aliphatic rings. The number of aromatic nitrogens is 4. The third kappa shape index (κ3) is 2.68. The molecule has 2 rings (SSSR count). The van der Waals surface area contributed by atoms with Gasteiger partial charge < -0.3 is 0 Å². The summed E-state index contributed by atoms with van der Waals surface area (Å²) in [5.41, 5.74) is 1.22. The zero-order valence-electron chi connectivity index (χ0n) is 9.30. The summed E-state index contributed by atoms with van der Waals surface area (Å²) in [6.45, 7) is 0. The number of hydrogen-bond acceptors (Lipinski definition) is 4. The Labute approximate surface area is 112 Å². The van der Waals surface area contributed by atoms with Gasteiger partial charge in [-0.05, 0) is 6.07 Å². The van der Waals surface area contributed by atoms with Gasteiger partial charge in [0.15, 0.2) is 0 Å². The normalized spacial score (nSPS) is 10.5. The van der Waals surface area contributed by atoms with Crippen molar-refractivity contribution in [3.05, 3.63) is 40.8 Å². The van der Waals surface area contributed by atoms with Gasteiger partial charge in [0, 0.05) is 30.2 Å². The molecule has 88 valence electrons. The Bertz CT molecular complexity index is 567. The quantitative estimate of drug-likeness (QED) is 0.622. The van der Waals surface area contributed by atoms with Gasteiger partial charge in [-0.3, -0.25) is 9.36 Å². The molecule has 0 saturated heterocycles. The van der Waals surface area contributed by atoms with Crippen LogP contribution in [0.1, 0.15) is 5.82 Å². The predicted molar refractivity (Wildman–Crippen MR) is 73.1 cm³/mol. The molecule has 6 heteroatoms. The highest BCUT2D eigenvalue weighted by Crippen LogP contribution is 2.11. The van der Waals surface area contributed by atoms with Crippen LogP contribution in [0.3, 0.4) is 0 Å². The molecule has 17 heavy (non-hydrogen) atoms. The molecule has 0 fully saturated rings. The smallest absolute Gasteiger partial charge is 0.253 e. The standard InChI is InChI=1S/C11H11IN4O/c1-16-10(2-4-12)15-9(6-11(16)17)8-3-5-13-7-14-8/h3,5-7H,2,4H2,1H3. The second-order valence-electron chi connectivity index (χ2n) is 3.49. The van der Waals surface area contributed by atoms with E-state index in [-0.39, 0.29) is 5.56 Å². The van der Waals surface area contributed by atoms with Crippen molar-refractivity contribution in [3.8, 4) is 11.4 Å². The second kappa shape index (κ2) is 5.35. The summed E-state index contributed by atoms with van der Waals surface area (Å²) in [6, 6.07) is 3.24. The lowest BCUT2D eigenvalue weighted by Crippen LogP contribution is -2.22. The molecular formula is C11H11IN4O. The van der Waals surface area contributed by atoms with Crippen molar-refractivity contribution in [1.29, 1.82) is 0 Å². The minimum atomic E-state index is -0.0616. The van der Waals surface area contributed by atoms with E-state index in [0.29, 0.717) is 11.4 Å². The average molecular weight is 342 g/mol. The third-order valence-corrected chi connectivity index (χ3v) is 2.93. The molecule has 0 saturated carbocycles. The lowest BCUT2D eigenvalue weighted by molar-refractivity contribution is 0.743. The van der Waals surface area contributed by atoms with Gasteiger partial charge in [-0.1, -0.05) is 22.6 Å². The number of hydrogen-bond donors (Lipinski definition) is 0. The van der Waals surface area contributed by atoms with Crippen LogP contribution in [-0.2, 0) is 13.5 Å². The molecule has 0 atom stereocenters. The van der Waals surface area contributed by atoms with Crippen molar-refractivity contribution < 1.29 is 0 Å². The Balaban J connectivity index is 2.53. The molecule has 0 radical (unpaired) electrons. The number of alkyl halides is 1. The molecule has 0 aromatic carbocycles. The highest BCUT2D eigenvalue weighted by Gasteiger charge is 2.07. The first-order chi connectivity index (χ1) is 8.22. The number of nitrogens with zero attached hydrogens (tertiary/aromatic N) is 4. The van der Waals surface area contributed by atoms with E-state index in [0.717, 1.165) is 16.7 Å². The fraction of sp³-hybridized carbons (Fsp3) is 0.273. The first-order valence-electron chi connectivity index (χ1n) is 5.11. The van der Waals surface area contributed by atoms with Gasteiger partial charge in [-0.2, -0.15) is 0 Å². The second-order valence-corrected chi connectivity index (χ2v) is 4.57. The summed E-state index contributed by atoms with van der Waals surface area (Å²) < 4.78 is 2.49. The Morgan fingerprint density at radius 2 is 2.24 bits per heavy atom. The van der Waals surface area contributed by atoms with Crippen molar-refractivity contribution in [2.45, 2.75) is 6.42 Å². The maximum Gasteiger partial charge on any atom is 0.253 e. The molecule has 2 aromatic rings. The van der Waals surface area contributed by atoms with Gasteiger partial charge in [0.1, 0.15) is 12.2 Å². The van der Waals surface area contributed by atoms with Crippen LogP contribution < -0.4 is 5.56 Å². The van der Waals surface area contributed by atoms with Gasteiger partial charge in [-0.15, -0.1) is 0 Å². The van der Waals surface area contributed by atoms with E-state index in [1.54, 1.807) is 23.9 Å². The van der Waals surface area contributed by atoms with Crippen molar-refractivity contribution >= 4 is 22.6 Å². The Hall–Kier alpha value is -1.31. The van der Waals surface area contributed by atoms with Gasteiger partial charge in [0.25, 0.3) is 5.56 Å². The van der Waals surface area contributed by atoms with Crippen molar-refractivity contribution in [2.24, 2.45) is 7.05 Å². The predicted octanol–water partition coefficient (Wildman–Crippen LogP) is 1.21. The summed E-state index contributed by atoms with van der Waals surface area (Å²) in [6.07, 6.45) is 3.86. The van der Waals surface area contributed by atoms with Gasteiger partial charge >= 0.3 is 0 Å². The zero-order chi connectivity index (χ0) is 12.3. The minimum absolute atomic E-state index is 0.0616. The SMILES string of the molecule is Cn1c(CCI)nc(-c2ccncn2)cc1=O. The fourth-order valence-corrected chi connectivity index (χ4v) is 1.95. The lowest BCUT2D eigenvalue weighted by atomic mass is 10.2. The number of aryl methyl sites for hydroxylation is 1. The molecule has 2 aromatic heterocycles. The van der Waals surface area contributed by atoms with Crippen molar-refractivity contribution in [3.63, 3.8) is 0 Å². The van der Waals surface area contributed by atoms with Crippen LogP contribution in [0, 0.1) is 0 Å². The highest BCUT2D eigenvalue weighted by molar-refractivity contribution is 14.1. The summed E-state index contributed by atoms with van der Waals surface area (Å²) >= 11 is 2.26. The highest BCUT2D eigenvalue weighted by atomic mass is 127. The van der Waals surface area contributed by atoms with Crippen molar-refractivity contribution in [1.82, 2.24) is 19.5 Å². The van der Waals surface area contributed by atoms with E-state index in [1.807, 2.05) is 0 Å². The summed E-state index contributed by atoms with van der Waals surface area (Å²) in [7, 11) is 1.74. The largest absolute Gasteiger partial charge is 0.300 e. The van der Waals surface area contributed by atoms with Crippen LogP contribution in [0.5, 0.6) is 0 Å². The molecule has 0 spiro atoms. The van der Waals surface area contributed by atoms with Gasteiger partial charge in [0.05, 0.1) is 11.4 Å². The van der Waals surface area contributed by atoms with E-state index < -0.39 is 0 Å². The van der Waals surface area contributed by atoms with Crippen LogP contribution in [0.25, 0.3) is 11.4 Å².